The highest BCUT2D eigenvalue weighted by molar-refractivity contribution is 6.02. The van der Waals surface area contributed by atoms with Crippen molar-refractivity contribution in [1.82, 2.24) is 10.2 Å². The Kier molecular flexibility index (Phi) is 5.75. The molecule has 36 heavy (non-hydrogen) atoms. The molecule has 2 aromatic rings. The van der Waals surface area contributed by atoms with Crippen molar-refractivity contribution >= 4 is 23.4 Å². The maximum Gasteiger partial charge on any atom is 0.246 e. The Labute approximate surface area is 209 Å². The summed E-state index contributed by atoms with van der Waals surface area (Å²) in [4.78, 5) is 42.5. The van der Waals surface area contributed by atoms with Crippen LogP contribution in [-0.2, 0) is 25.7 Å². The topological polar surface area (TPSA) is 87.7 Å². The van der Waals surface area contributed by atoms with Gasteiger partial charge >= 0.3 is 0 Å². The van der Waals surface area contributed by atoms with E-state index >= 15 is 0 Å². The number of nitrogens with zero attached hydrogens (tertiary/aromatic N) is 1. The fraction of sp³-hybridized carbons (Fsp3) is 0.393. The number of carbonyl (C=O) groups excluding carboxylic acids is 3. The monoisotopic (exact) mass is 491 g/mol. The van der Waals surface area contributed by atoms with E-state index in [9.17, 15) is 18.8 Å². The van der Waals surface area contributed by atoms with Crippen molar-refractivity contribution in [2.24, 2.45) is 11.8 Å². The summed E-state index contributed by atoms with van der Waals surface area (Å²) in [7, 11) is 0. The number of para-hydroxylation sites is 1. The number of anilines is 1. The van der Waals surface area contributed by atoms with Gasteiger partial charge in [0.15, 0.2) is 0 Å². The van der Waals surface area contributed by atoms with E-state index in [4.69, 9.17) is 4.74 Å². The van der Waals surface area contributed by atoms with Crippen molar-refractivity contribution in [1.29, 1.82) is 0 Å². The molecule has 5 atom stereocenters. The Balaban J connectivity index is 1.51. The fourth-order valence-corrected chi connectivity index (χ4v) is 5.54. The van der Waals surface area contributed by atoms with Gasteiger partial charge in [-0.25, -0.2) is 4.39 Å². The quantitative estimate of drug-likeness (QED) is 0.628. The summed E-state index contributed by atoms with van der Waals surface area (Å²) in [6.07, 6.45) is 2.81. The van der Waals surface area contributed by atoms with E-state index < -0.39 is 46.8 Å². The maximum absolute atomic E-state index is 14.2. The third-order valence-corrected chi connectivity index (χ3v) is 7.03. The molecule has 2 bridgehead atoms. The number of benzene rings is 2. The second-order valence-electron chi connectivity index (χ2n) is 10.9. The molecule has 3 heterocycles. The SMILES string of the molecule is Cc1ccc(CN2C(=O)[C@@H]3[C@H](C(=O)Nc4ccccc4F)[C@H]4C=C[C@@]3(O4)[C@H]2C(=O)NC(C)(C)C)cc1. The van der Waals surface area contributed by atoms with E-state index in [1.165, 1.54) is 23.1 Å². The number of hydrogen-bond donors (Lipinski definition) is 2. The minimum Gasteiger partial charge on any atom is -0.359 e. The number of ether oxygens (including phenoxy) is 1. The first-order chi connectivity index (χ1) is 17.0. The zero-order valence-corrected chi connectivity index (χ0v) is 20.7. The summed E-state index contributed by atoms with van der Waals surface area (Å²) in [5.41, 5.74) is 0.168. The molecule has 3 aliphatic rings. The van der Waals surface area contributed by atoms with E-state index in [0.29, 0.717) is 0 Å². The average Bonchev–Trinajstić information content (AvgIpc) is 3.43. The molecule has 3 aliphatic heterocycles. The number of likely N-dealkylation sites (tertiary alicyclic amines) is 1. The molecule has 5 rings (SSSR count). The van der Waals surface area contributed by atoms with Gasteiger partial charge in [-0.3, -0.25) is 14.4 Å². The van der Waals surface area contributed by atoms with Crippen LogP contribution in [0.2, 0.25) is 0 Å². The molecule has 1 spiro atoms. The molecule has 2 saturated heterocycles. The molecule has 0 saturated carbocycles. The Bertz CT molecular complexity index is 1250. The fourth-order valence-electron chi connectivity index (χ4n) is 5.54. The largest absolute Gasteiger partial charge is 0.359 e. The number of aryl methyl sites for hydroxylation is 1. The number of halogens is 1. The van der Waals surface area contributed by atoms with Crippen molar-refractivity contribution in [3.8, 4) is 0 Å². The number of carbonyl (C=O) groups is 3. The molecule has 188 valence electrons. The van der Waals surface area contributed by atoms with Crippen molar-refractivity contribution in [2.45, 2.75) is 57.5 Å². The highest BCUT2D eigenvalue weighted by Crippen LogP contribution is 2.55. The van der Waals surface area contributed by atoms with Gasteiger partial charge in [-0.05, 0) is 45.4 Å². The average molecular weight is 492 g/mol. The lowest BCUT2D eigenvalue weighted by molar-refractivity contribution is -0.142. The van der Waals surface area contributed by atoms with Crippen LogP contribution < -0.4 is 10.6 Å². The van der Waals surface area contributed by atoms with Gasteiger partial charge in [0.1, 0.15) is 17.5 Å². The molecular formula is C28H30FN3O4. The van der Waals surface area contributed by atoms with Crippen LogP contribution >= 0.6 is 0 Å². The van der Waals surface area contributed by atoms with Crippen molar-refractivity contribution in [2.75, 3.05) is 5.32 Å². The van der Waals surface area contributed by atoms with Crippen LogP contribution in [-0.4, -0.2) is 45.9 Å². The molecule has 2 aromatic carbocycles. The molecule has 8 heteroatoms. The van der Waals surface area contributed by atoms with Crippen LogP contribution in [0, 0.1) is 24.6 Å². The molecule has 7 nitrogen and oxygen atoms in total. The summed E-state index contributed by atoms with van der Waals surface area (Å²) in [6.45, 7) is 7.78. The standard InChI is InChI=1S/C28H30FN3O4/c1-16-9-11-17(12-10-16)15-32-23(25(34)31-27(2,3)4)28-14-13-20(36-28)21(22(28)26(32)35)24(33)30-19-8-6-5-7-18(19)29/h5-14,20-23H,15H2,1-4H3,(H,30,33)(H,31,34)/t20-,21-,22+,23-,28+/m1/s1. The Morgan fingerprint density at radius 1 is 1.08 bits per heavy atom. The number of amides is 3. The Hall–Kier alpha value is -3.52. The van der Waals surface area contributed by atoms with Gasteiger partial charge in [0.25, 0.3) is 0 Å². The number of fused-ring (bicyclic) bond motifs is 1. The van der Waals surface area contributed by atoms with Crippen LogP contribution in [0.3, 0.4) is 0 Å². The van der Waals surface area contributed by atoms with Crippen molar-refractivity contribution < 1.29 is 23.5 Å². The molecule has 0 aliphatic carbocycles. The van der Waals surface area contributed by atoms with E-state index in [2.05, 4.69) is 10.6 Å². The van der Waals surface area contributed by atoms with Crippen LogP contribution in [0.4, 0.5) is 10.1 Å². The molecule has 0 unspecified atom stereocenters. The second kappa shape index (κ2) is 8.55. The molecule has 2 fully saturated rings. The first-order valence-electron chi connectivity index (χ1n) is 12.1. The Morgan fingerprint density at radius 2 is 1.78 bits per heavy atom. The first kappa shape index (κ1) is 24.2. The van der Waals surface area contributed by atoms with Crippen LogP contribution in [0.1, 0.15) is 31.9 Å². The minimum absolute atomic E-state index is 0.0345. The van der Waals surface area contributed by atoms with Gasteiger partial charge in [-0.1, -0.05) is 54.1 Å². The summed E-state index contributed by atoms with van der Waals surface area (Å²) >= 11 is 0. The van der Waals surface area contributed by atoms with Gasteiger partial charge in [0, 0.05) is 12.1 Å². The Morgan fingerprint density at radius 3 is 2.44 bits per heavy atom. The lowest BCUT2D eigenvalue weighted by Gasteiger charge is -2.34. The van der Waals surface area contributed by atoms with E-state index in [1.807, 2.05) is 52.0 Å². The summed E-state index contributed by atoms with van der Waals surface area (Å²) < 4.78 is 20.5. The van der Waals surface area contributed by atoms with Gasteiger partial charge in [-0.2, -0.15) is 0 Å². The normalized spacial score (nSPS) is 28.4. The minimum atomic E-state index is -1.28. The van der Waals surface area contributed by atoms with Crippen molar-refractivity contribution in [3.63, 3.8) is 0 Å². The predicted octanol–water partition coefficient (Wildman–Crippen LogP) is 3.34. The third kappa shape index (κ3) is 3.99. The second-order valence-corrected chi connectivity index (χ2v) is 10.9. The summed E-state index contributed by atoms with van der Waals surface area (Å²) in [5, 5.41) is 5.61. The van der Waals surface area contributed by atoms with E-state index in [0.717, 1.165) is 11.1 Å². The lowest BCUT2D eigenvalue weighted by atomic mass is 9.74. The highest BCUT2D eigenvalue weighted by Gasteiger charge is 2.72. The van der Waals surface area contributed by atoms with Gasteiger partial charge < -0.3 is 20.3 Å². The number of nitrogens with one attached hydrogen (secondary N) is 2. The molecule has 3 amide bonds. The zero-order chi connectivity index (χ0) is 25.8. The van der Waals surface area contributed by atoms with Gasteiger partial charge in [-0.15, -0.1) is 0 Å². The van der Waals surface area contributed by atoms with Crippen molar-refractivity contribution in [3.05, 3.63) is 77.6 Å². The third-order valence-electron chi connectivity index (χ3n) is 7.03. The van der Waals surface area contributed by atoms with Crippen LogP contribution in [0.5, 0.6) is 0 Å². The van der Waals surface area contributed by atoms with Crippen LogP contribution in [0.15, 0.2) is 60.7 Å². The summed E-state index contributed by atoms with van der Waals surface area (Å²) in [6, 6.07) is 12.7. The molecular weight excluding hydrogens is 461 g/mol. The van der Waals surface area contributed by atoms with E-state index in [-0.39, 0.29) is 24.0 Å². The molecule has 2 N–H and O–H groups in total. The first-order valence-corrected chi connectivity index (χ1v) is 12.1. The van der Waals surface area contributed by atoms with Gasteiger partial charge in [0.05, 0.1) is 23.6 Å². The zero-order valence-electron chi connectivity index (χ0n) is 20.7. The van der Waals surface area contributed by atoms with Gasteiger partial charge in [0.2, 0.25) is 17.7 Å². The maximum atomic E-state index is 14.2. The summed E-state index contributed by atoms with van der Waals surface area (Å²) in [5.74, 6) is -3.55. The smallest absolute Gasteiger partial charge is 0.246 e. The molecule has 0 radical (unpaired) electrons. The lowest BCUT2D eigenvalue weighted by Crippen LogP contribution is -2.57. The predicted molar refractivity (Wildman–Crippen MR) is 132 cm³/mol. The molecule has 0 aromatic heterocycles. The number of rotatable bonds is 5. The highest BCUT2D eigenvalue weighted by atomic mass is 19.1. The number of hydrogen-bond acceptors (Lipinski definition) is 4. The van der Waals surface area contributed by atoms with E-state index in [1.54, 1.807) is 18.2 Å². The van der Waals surface area contributed by atoms with Crippen LogP contribution in [0.25, 0.3) is 0 Å².